The lowest BCUT2D eigenvalue weighted by molar-refractivity contribution is 0.0678. The van der Waals surface area contributed by atoms with E-state index in [9.17, 15) is 14.7 Å². The summed E-state index contributed by atoms with van der Waals surface area (Å²) in [6.07, 6.45) is 2.91. The lowest BCUT2D eigenvalue weighted by Crippen LogP contribution is -2.47. The van der Waals surface area contributed by atoms with Crippen molar-refractivity contribution in [3.05, 3.63) is 53.3 Å². The zero-order valence-electron chi connectivity index (χ0n) is 21.2. The molecule has 1 aliphatic heterocycles. The lowest BCUT2D eigenvalue weighted by atomic mass is 10.1. The topological polar surface area (TPSA) is 89.0 Å². The van der Waals surface area contributed by atoms with Crippen molar-refractivity contribution in [1.29, 1.82) is 0 Å². The molecule has 1 aliphatic rings. The highest BCUT2D eigenvalue weighted by atomic mass is 32.2. The van der Waals surface area contributed by atoms with Gasteiger partial charge in [0, 0.05) is 36.7 Å². The first kappa shape index (κ1) is 27.2. The standard InChI is InChI=1S/C26H36N2O5SSi/c1-26(2,3)35(4,5)33-17-22-20(8-7-12-27-22)25(31)28-13-15-34-18-19(28)11-14-32-24-10-6-9-23(30)21(24)16-29/h6-10,12,16,19,30H,11,13-15,17-18H2,1-5H3/t19-/m1/s1. The molecule has 0 radical (unpaired) electrons. The largest absolute Gasteiger partial charge is 0.507 e. The van der Waals surface area contributed by atoms with E-state index in [2.05, 4.69) is 38.8 Å². The summed E-state index contributed by atoms with van der Waals surface area (Å²) >= 11 is 1.82. The fourth-order valence-electron chi connectivity index (χ4n) is 3.61. The van der Waals surface area contributed by atoms with Crippen LogP contribution in [-0.4, -0.2) is 66.2 Å². The van der Waals surface area contributed by atoms with Crippen LogP contribution in [0.1, 0.15) is 53.6 Å². The fourth-order valence-corrected chi connectivity index (χ4v) is 5.65. The Labute approximate surface area is 213 Å². The Balaban J connectivity index is 1.70. The van der Waals surface area contributed by atoms with Crippen LogP contribution in [0.15, 0.2) is 36.5 Å². The highest BCUT2D eigenvalue weighted by Crippen LogP contribution is 2.37. The molecule has 1 amide bonds. The molecule has 0 bridgehead atoms. The van der Waals surface area contributed by atoms with E-state index < -0.39 is 8.32 Å². The second-order valence-electron chi connectivity index (χ2n) is 10.2. The highest BCUT2D eigenvalue weighted by molar-refractivity contribution is 7.99. The SMILES string of the molecule is CC(C)(C)[Si](C)(C)OCc1ncccc1C(=O)N1CCSC[C@H]1CCOc1cccc(O)c1C=O. The van der Waals surface area contributed by atoms with Gasteiger partial charge < -0.3 is 19.2 Å². The Morgan fingerprint density at radius 3 is 2.77 bits per heavy atom. The molecule has 1 N–H and O–H groups in total. The summed E-state index contributed by atoms with van der Waals surface area (Å²) in [5.41, 5.74) is 1.39. The van der Waals surface area contributed by atoms with Crippen molar-refractivity contribution in [2.24, 2.45) is 0 Å². The van der Waals surface area contributed by atoms with Crippen molar-refractivity contribution in [2.45, 2.75) is 58.0 Å². The Morgan fingerprint density at radius 2 is 2.06 bits per heavy atom. The number of phenols is 1. The number of aldehydes is 1. The Kier molecular flexibility index (Phi) is 9.01. The zero-order valence-corrected chi connectivity index (χ0v) is 23.1. The molecule has 0 spiro atoms. The second-order valence-corrected chi connectivity index (χ2v) is 16.2. The van der Waals surface area contributed by atoms with Crippen LogP contribution in [0.25, 0.3) is 0 Å². The number of pyridine rings is 1. The van der Waals surface area contributed by atoms with Crippen LogP contribution in [0.5, 0.6) is 11.5 Å². The number of phenolic OH excluding ortho intramolecular Hbond substituents is 1. The summed E-state index contributed by atoms with van der Waals surface area (Å²) in [4.78, 5) is 31.4. The number of carbonyl (C=O) groups is 2. The minimum absolute atomic E-state index is 0.00685. The molecule has 1 atom stereocenters. The van der Waals surface area contributed by atoms with Crippen LogP contribution in [0.2, 0.25) is 18.1 Å². The number of rotatable bonds is 9. The maximum atomic E-state index is 13.6. The predicted molar refractivity (Wildman–Crippen MR) is 142 cm³/mol. The number of aromatic nitrogens is 1. The molecule has 35 heavy (non-hydrogen) atoms. The van der Waals surface area contributed by atoms with Crippen LogP contribution >= 0.6 is 11.8 Å². The molecule has 0 aliphatic carbocycles. The lowest BCUT2D eigenvalue weighted by Gasteiger charge is -2.37. The van der Waals surface area contributed by atoms with E-state index >= 15 is 0 Å². The molecule has 1 aromatic heterocycles. The van der Waals surface area contributed by atoms with Gasteiger partial charge in [-0.05, 0) is 42.4 Å². The third kappa shape index (κ3) is 6.65. The van der Waals surface area contributed by atoms with Gasteiger partial charge in [0.25, 0.3) is 5.91 Å². The first-order valence-electron chi connectivity index (χ1n) is 11.9. The molecule has 2 heterocycles. The molecular formula is C26H36N2O5SSi. The Bertz CT molecular complexity index is 1040. The summed E-state index contributed by atoms with van der Waals surface area (Å²) in [5, 5.41) is 9.93. The fraction of sp³-hybridized carbons (Fsp3) is 0.500. The van der Waals surface area contributed by atoms with E-state index in [1.54, 1.807) is 24.4 Å². The Morgan fingerprint density at radius 1 is 1.29 bits per heavy atom. The quantitative estimate of drug-likeness (QED) is 0.364. The van der Waals surface area contributed by atoms with Gasteiger partial charge in [-0.15, -0.1) is 0 Å². The molecule has 1 saturated heterocycles. The number of hydrogen-bond acceptors (Lipinski definition) is 7. The second kappa shape index (κ2) is 11.6. The smallest absolute Gasteiger partial charge is 0.256 e. The number of nitrogens with zero attached hydrogens (tertiary/aromatic N) is 2. The third-order valence-electron chi connectivity index (χ3n) is 6.85. The summed E-state index contributed by atoms with van der Waals surface area (Å²) < 4.78 is 12.2. The summed E-state index contributed by atoms with van der Waals surface area (Å²) in [6, 6.07) is 8.37. The van der Waals surface area contributed by atoms with Gasteiger partial charge in [0.2, 0.25) is 0 Å². The number of benzene rings is 1. The average molecular weight is 517 g/mol. The Hall–Kier alpha value is -2.36. The van der Waals surface area contributed by atoms with Gasteiger partial charge in [-0.1, -0.05) is 26.8 Å². The van der Waals surface area contributed by atoms with E-state index in [1.807, 2.05) is 22.7 Å². The van der Waals surface area contributed by atoms with E-state index in [0.29, 0.717) is 49.5 Å². The average Bonchev–Trinajstić information content (AvgIpc) is 2.82. The van der Waals surface area contributed by atoms with E-state index in [4.69, 9.17) is 9.16 Å². The van der Waals surface area contributed by atoms with Crippen LogP contribution in [0, 0.1) is 0 Å². The maximum Gasteiger partial charge on any atom is 0.256 e. The normalized spacial score (nSPS) is 16.7. The minimum Gasteiger partial charge on any atom is -0.507 e. The van der Waals surface area contributed by atoms with Crippen LogP contribution in [0.4, 0.5) is 0 Å². The summed E-state index contributed by atoms with van der Waals surface area (Å²) in [5.74, 6) is 1.89. The highest BCUT2D eigenvalue weighted by Gasteiger charge is 2.37. The number of amides is 1. The number of ether oxygens (including phenoxy) is 1. The number of carbonyl (C=O) groups excluding carboxylic acids is 2. The summed E-state index contributed by atoms with van der Waals surface area (Å²) in [7, 11) is -1.99. The van der Waals surface area contributed by atoms with Crippen LogP contribution < -0.4 is 4.74 Å². The molecule has 190 valence electrons. The minimum atomic E-state index is -1.99. The van der Waals surface area contributed by atoms with Crippen LogP contribution in [-0.2, 0) is 11.0 Å². The first-order valence-corrected chi connectivity index (χ1v) is 16.0. The number of thioether (sulfide) groups is 1. The molecule has 1 aromatic carbocycles. The predicted octanol–water partition coefficient (Wildman–Crippen LogP) is 5.15. The molecule has 3 rings (SSSR count). The van der Waals surface area contributed by atoms with Crippen molar-refractivity contribution < 1.29 is 23.9 Å². The molecule has 7 nitrogen and oxygen atoms in total. The van der Waals surface area contributed by atoms with Gasteiger partial charge in [0.05, 0.1) is 30.0 Å². The van der Waals surface area contributed by atoms with Crippen molar-refractivity contribution in [3.8, 4) is 11.5 Å². The summed E-state index contributed by atoms with van der Waals surface area (Å²) in [6.45, 7) is 12.3. The van der Waals surface area contributed by atoms with E-state index in [0.717, 1.165) is 11.5 Å². The van der Waals surface area contributed by atoms with Gasteiger partial charge >= 0.3 is 0 Å². The van der Waals surface area contributed by atoms with Gasteiger partial charge in [0.1, 0.15) is 11.5 Å². The van der Waals surface area contributed by atoms with Crippen molar-refractivity contribution >= 4 is 32.3 Å². The van der Waals surface area contributed by atoms with Crippen LogP contribution in [0.3, 0.4) is 0 Å². The third-order valence-corrected chi connectivity index (χ3v) is 12.4. The van der Waals surface area contributed by atoms with Gasteiger partial charge in [0.15, 0.2) is 14.6 Å². The zero-order chi connectivity index (χ0) is 25.6. The van der Waals surface area contributed by atoms with Gasteiger partial charge in [-0.2, -0.15) is 11.8 Å². The molecule has 0 saturated carbocycles. The van der Waals surface area contributed by atoms with Crippen molar-refractivity contribution in [2.75, 3.05) is 24.7 Å². The van der Waals surface area contributed by atoms with Crippen molar-refractivity contribution in [3.63, 3.8) is 0 Å². The van der Waals surface area contributed by atoms with Gasteiger partial charge in [-0.3, -0.25) is 14.6 Å². The van der Waals surface area contributed by atoms with Gasteiger partial charge in [-0.25, -0.2) is 0 Å². The molecule has 1 fully saturated rings. The number of aromatic hydroxyl groups is 1. The molecular weight excluding hydrogens is 480 g/mol. The monoisotopic (exact) mass is 516 g/mol. The van der Waals surface area contributed by atoms with Crippen molar-refractivity contribution in [1.82, 2.24) is 9.88 Å². The molecule has 9 heteroatoms. The first-order chi connectivity index (χ1) is 16.5. The maximum absolute atomic E-state index is 13.6. The van der Waals surface area contributed by atoms with E-state index in [-0.39, 0.29) is 28.3 Å². The molecule has 0 unspecified atom stereocenters. The molecule has 2 aromatic rings. The van der Waals surface area contributed by atoms with E-state index in [1.165, 1.54) is 6.07 Å². The number of hydrogen-bond donors (Lipinski definition) is 1.